The summed E-state index contributed by atoms with van der Waals surface area (Å²) in [4.78, 5) is 30.6. The molecular weight excluding hydrogens is 674 g/mol. The molecule has 0 heterocycles. The molecule has 5 rings (SSSR count). The number of nitrogens with zero attached hydrogens (tertiary/aromatic N) is 2. The van der Waals surface area contributed by atoms with Crippen LogP contribution in [0.25, 0.3) is 0 Å². The zero-order chi connectivity index (χ0) is 33.4. The van der Waals surface area contributed by atoms with E-state index in [4.69, 9.17) is 0 Å². The number of hydrogen-bond donors (Lipinski definition) is 1. The fraction of sp³-hybridized carbons (Fsp3) is 0.316. The van der Waals surface area contributed by atoms with E-state index in [-0.39, 0.29) is 29.8 Å². The third-order valence-corrected chi connectivity index (χ3v) is 11.0. The lowest BCUT2D eigenvalue weighted by molar-refractivity contribution is -0.140. The molecule has 9 heteroatoms. The van der Waals surface area contributed by atoms with E-state index < -0.39 is 28.5 Å². The van der Waals surface area contributed by atoms with Crippen molar-refractivity contribution in [2.75, 3.05) is 10.8 Å². The van der Waals surface area contributed by atoms with Gasteiger partial charge in [-0.15, -0.1) is 0 Å². The molecule has 246 valence electrons. The first-order valence-electron chi connectivity index (χ1n) is 16.1. The quantitative estimate of drug-likeness (QED) is 0.166. The van der Waals surface area contributed by atoms with Crippen LogP contribution >= 0.6 is 15.9 Å². The Bertz CT molecular complexity index is 1780. The van der Waals surface area contributed by atoms with Crippen molar-refractivity contribution < 1.29 is 18.0 Å². The monoisotopic (exact) mass is 715 g/mol. The molecule has 0 aliphatic heterocycles. The summed E-state index contributed by atoms with van der Waals surface area (Å²) < 4.78 is 30.6. The zero-order valence-corrected chi connectivity index (χ0v) is 29.3. The zero-order valence-electron chi connectivity index (χ0n) is 26.9. The number of benzene rings is 4. The Morgan fingerprint density at radius 3 is 2.17 bits per heavy atom. The van der Waals surface area contributed by atoms with E-state index in [0.29, 0.717) is 5.69 Å². The third kappa shape index (κ3) is 8.90. The van der Waals surface area contributed by atoms with Crippen LogP contribution in [-0.2, 0) is 32.6 Å². The van der Waals surface area contributed by atoms with Gasteiger partial charge in [-0.25, -0.2) is 8.42 Å². The van der Waals surface area contributed by atoms with Gasteiger partial charge >= 0.3 is 0 Å². The van der Waals surface area contributed by atoms with Crippen molar-refractivity contribution in [3.05, 3.63) is 130 Å². The normalized spacial score (nSPS) is 14.3. The van der Waals surface area contributed by atoms with Gasteiger partial charge in [0, 0.05) is 23.5 Å². The number of halogens is 1. The van der Waals surface area contributed by atoms with Gasteiger partial charge in [-0.3, -0.25) is 13.9 Å². The van der Waals surface area contributed by atoms with E-state index in [2.05, 4.69) is 21.2 Å². The van der Waals surface area contributed by atoms with Crippen LogP contribution in [0.3, 0.4) is 0 Å². The lowest BCUT2D eigenvalue weighted by atomic mass is 9.94. The average molecular weight is 717 g/mol. The highest BCUT2D eigenvalue weighted by atomic mass is 79.9. The predicted octanol–water partition coefficient (Wildman–Crippen LogP) is 7.35. The summed E-state index contributed by atoms with van der Waals surface area (Å²) in [6, 6.07) is 30.2. The van der Waals surface area contributed by atoms with E-state index in [1.807, 2.05) is 80.6 Å². The van der Waals surface area contributed by atoms with Crippen molar-refractivity contribution in [2.24, 2.45) is 0 Å². The van der Waals surface area contributed by atoms with Gasteiger partial charge in [0.25, 0.3) is 10.0 Å². The second kappa shape index (κ2) is 15.8. The number of carbonyl (C=O) groups excluding carboxylic acids is 2. The van der Waals surface area contributed by atoms with Crippen LogP contribution in [0.5, 0.6) is 0 Å². The molecule has 1 atom stereocenters. The van der Waals surface area contributed by atoms with E-state index in [9.17, 15) is 18.0 Å². The molecule has 0 saturated heterocycles. The van der Waals surface area contributed by atoms with Gasteiger partial charge in [0.1, 0.15) is 12.6 Å². The first-order valence-corrected chi connectivity index (χ1v) is 18.4. The summed E-state index contributed by atoms with van der Waals surface area (Å²) in [7, 11) is -4.15. The predicted molar refractivity (Wildman–Crippen MR) is 191 cm³/mol. The summed E-state index contributed by atoms with van der Waals surface area (Å²) in [5.41, 5.74) is 3.74. The van der Waals surface area contributed by atoms with Gasteiger partial charge in [0.05, 0.1) is 10.6 Å². The van der Waals surface area contributed by atoms with Crippen LogP contribution in [0.15, 0.2) is 112 Å². The molecule has 1 fully saturated rings. The van der Waals surface area contributed by atoms with Crippen molar-refractivity contribution in [3.8, 4) is 0 Å². The van der Waals surface area contributed by atoms with Crippen LogP contribution < -0.4 is 9.62 Å². The molecule has 4 aromatic carbocycles. The minimum Gasteiger partial charge on any atom is -0.352 e. The van der Waals surface area contributed by atoms with Crippen molar-refractivity contribution in [2.45, 2.75) is 75.9 Å². The Morgan fingerprint density at radius 1 is 0.830 bits per heavy atom. The van der Waals surface area contributed by atoms with Crippen LogP contribution in [0.1, 0.15) is 54.4 Å². The number of hydrogen-bond acceptors (Lipinski definition) is 4. The molecule has 0 bridgehead atoms. The Hall–Kier alpha value is -3.95. The molecule has 0 spiro atoms. The van der Waals surface area contributed by atoms with Crippen LogP contribution in [0.4, 0.5) is 5.69 Å². The molecule has 1 N–H and O–H groups in total. The van der Waals surface area contributed by atoms with E-state index in [1.54, 1.807) is 29.2 Å². The van der Waals surface area contributed by atoms with Gasteiger partial charge in [-0.1, -0.05) is 108 Å². The van der Waals surface area contributed by atoms with Crippen molar-refractivity contribution in [1.29, 1.82) is 0 Å². The van der Waals surface area contributed by atoms with Crippen LogP contribution in [-0.4, -0.2) is 43.8 Å². The topological polar surface area (TPSA) is 86.8 Å². The highest BCUT2D eigenvalue weighted by Crippen LogP contribution is 2.29. The molecule has 1 aliphatic carbocycles. The number of anilines is 1. The van der Waals surface area contributed by atoms with E-state index in [0.717, 1.165) is 58.8 Å². The first-order chi connectivity index (χ1) is 22.6. The lowest BCUT2D eigenvalue weighted by Crippen LogP contribution is -2.55. The molecule has 4 aromatic rings. The smallest absolute Gasteiger partial charge is 0.264 e. The number of aryl methyl sites for hydroxylation is 2. The standard InChI is InChI=1S/C38H42BrN3O4S/c1-28-21-22-29(2)35(23-28)42(47(45,46)34-19-10-5-11-20-34)27-37(43)41(26-31-15-12-16-32(39)24-31)36(25-30-13-6-3-7-14-30)38(44)40-33-17-8-4-9-18-33/h3,5-7,10-16,19-24,33,36H,4,8-9,17-18,25-27H2,1-2H3,(H,40,44). The molecule has 0 radical (unpaired) electrons. The maximum absolute atomic E-state index is 14.7. The molecule has 1 unspecified atom stereocenters. The molecular formula is C38H42BrN3O4S. The molecule has 2 amide bonds. The summed E-state index contributed by atoms with van der Waals surface area (Å²) in [5.74, 6) is -0.696. The maximum atomic E-state index is 14.7. The maximum Gasteiger partial charge on any atom is 0.264 e. The number of sulfonamides is 1. The minimum atomic E-state index is -4.15. The highest BCUT2D eigenvalue weighted by Gasteiger charge is 2.36. The number of carbonyl (C=O) groups is 2. The van der Waals surface area contributed by atoms with Gasteiger partial charge in [-0.2, -0.15) is 0 Å². The van der Waals surface area contributed by atoms with Gasteiger partial charge in [0.15, 0.2) is 0 Å². The second-order valence-electron chi connectivity index (χ2n) is 12.3. The van der Waals surface area contributed by atoms with Crippen molar-refractivity contribution >= 4 is 43.5 Å². The number of rotatable bonds is 12. The highest BCUT2D eigenvalue weighted by molar-refractivity contribution is 9.10. The lowest BCUT2D eigenvalue weighted by Gasteiger charge is -2.35. The Balaban J connectivity index is 1.58. The summed E-state index contributed by atoms with van der Waals surface area (Å²) >= 11 is 3.54. The number of nitrogens with one attached hydrogen (secondary N) is 1. The van der Waals surface area contributed by atoms with Crippen LogP contribution in [0.2, 0.25) is 0 Å². The minimum absolute atomic E-state index is 0.0437. The van der Waals surface area contributed by atoms with E-state index in [1.165, 1.54) is 16.4 Å². The van der Waals surface area contributed by atoms with Gasteiger partial charge in [0.2, 0.25) is 11.8 Å². The molecule has 1 saturated carbocycles. The Kier molecular flexibility index (Phi) is 11.5. The largest absolute Gasteiger partial charge is 0.352 e. The Labute approximate surface area is 287 Å². The molecule has 47 heavy (non-hydrogen) atoms. The third-order valence-electron chi connectivity index (χ3n) is 8.71. The first kappa shape index (κ1) is 34.4. The molecule has 0 aromatic heterocycles. The molecule has 1 aliphatic rings. The fourth-order valence-corrected chi connectivity index (χ4v) is 8.09. The SMILES string of the molecule is Cc1ccc(C)c(N(CC(=O)N(Cc2cccc(Br)c2)C(Cc2ccccc2)C(=O)NC2CCCCC2)S(=O)(=O)c2ccccc2)c1. The van der Waals surface area contributed by atoms with Gasteiger partial charge in [-0.05, 0) is 79.3 Å². The average Bonchev–Trinajstić information content (AvgIpc) is 3.07. The van der Waals surface area contributed by atoms with Crippen molar-refractivity contribution in [1.82, 2.24) is 10.2 Å². The fourth-order valence-electron chi connectivity index (χ4n) is 6.15. The van der Waals surface area contributed by atoms with Crippen LogP contribution in [0, 0.1) is 13.8 Å². The Morgan fingerprint density at radius 2 is 1.49 bits per heavy atom. The van der Waals surface area contributed by atoms with E-state index >= 15 is 0 Å². The summed E-state index contributed by atoms with van der Waals surface area (Å²) in [6.45, 7) is 3.38. The van der Waals surface area contributed by atoms with Crippen molar-refractivity contribution in [3.63, 3.8) is 0 Å². The number of amides is 2. The molecule has 7 nitrogen and oxygen atoms in total. The summed E-state index contributed by atoms with van der Waals surface area (Å²) in [6.07, 6.45) is 5.35. The second-order valence-corrected chi connectivity index (χ2v) is 15.1. The van der Waals surface area contributed by atoms with Gasteiger partial charge < -0.3 is 10.2 Å². The summed E-state index contributed by atoms with van der Waals surface area (Å²) in [5, 5.41) is 3.26.